The van der Waals surface area contributed by atoms with Gasteiger partial charge in [-0.2, -0.15) is 8.67 Å². The fourth-order valence-corrected chi connectivity index (χ4v) is 14.0. The molecule has 0 saturated heterocycles. The van der Waals surface area contributed by atoms with E-state index in [2.05, 4.69) is 75.1 Å². The molecular weight excluding hydrogens is 1530 g/mol. The van der Waals surface area contributed by atoms with Crippen LogP contribution < -0.4 is 75.2 Å². The number of nitrogens with one attached hydrogen (secondary N) is 7. The van der Waals surface area contributed by atoms with E-state index in [0.717, 1.165) is 39.6 Å². The van der Waals surface area contributed by atoms with E-state index < -0.39 is 128 Å². The van der Waals surface area contributed by atoms with E-state index in [9.17, 15) is 71.7 Å². The quantitative estimate of drug-likeness (QED) is 0.00319. The number of aliphatic imine (C=N–C) groups is 1. The SMILES string of the molecule is CC(C)[C@H]1NC(=O)c2cc(cc(NC(=O)CCCCCNC(=O)c3ccc(N[N]=[Tc])nc3)c2)CNC(=O)[C@H](CC(=O)O)NC(=O)CNC(=O)[C@H](CCCN=C(N)N)N(C)C1=O.O=C(O)C[N-]C(CO)(CO)CO.O=S(=O)([O-])c1cccc([PH+](c2cccc(SOO[O-])c2)c2cccc(SOO[O-])c2)c1. The number of hydrogen-bond donors (Lipinski definition) is 14. The van der Waals surface area contributed by atoms with Crippen LogP contribution in [0.1, 0.15) is 85.1 Å². The van der Waals surface area contributed by atoms with Crippen LogP contribution in [0.5, 0.6) is 0 Å². The Morgan fingerprint density at radius 1 is 0.808 bits per heavy atom. The van der Waals surface area contributed by atoms with Crippen molar-refractivity contribution in [2.45, 2.75) is 104 Å². The third-order valence-electron chi connectivity index (χ3n) is 14.7. The Balaban J connectivity index is 0.000000436. The molecule has 7 amide bonds. The number of aromatic nitrogens is 1. The molecule has 4 aromatic carbocycles. The maximum Gasteiger partial charge on any atom is 0.305 e. The molecule has 16 N–H and O–H groups in total. The number of carboxylic acid groups (broad SMARTS) is 2. The Morgan fingerprint density at radius 3 is 1.97 bits per heavy atom. The predicted octanol–water partition coefficient (Wildman–Crippen LogP) is -1.89. The minimum absolute atomic E-state index is 0.0167. The summed E-state index contributed by atoms with van der Waals surface area (Å²) in [5.74, 6) is -7.14. The molecule has 0 aliphatic carbocycles. The maximum absolute atomic E-state index is 14.0. The molecule has 1 aromatic heterocycles. The van der Waals surface area contributed by atoms with Crippen molar-refractivity contribution in [3.63, 3.8) is 0 Å². The third-order valence-corrected chi connectivity index (χ3v) is 19.5. The Bertz CT molecular complexity index is 3810. The van der Waals surface area contributed by atoms with Gasteiger partial charge < -0.3 is 88.9 Å². The molecule has 1 aliphatic rings. The van der Waals surface area contributed by atoms with Crippen molar-refractivity contribution in [1.82, 2.24) is 36.5 Å². The number of aliphatic hydroxyl groups is 3. The monoisotopic (exact) mass is 1610 g/mol. The number of anilines is 2. The van der Waals surface area contributed by atoms with Crippen molar-refractivity contribution in [3.05, 3.63) is 131 Å². The van der Waals surface area contributed by atoms with Crippen LogP contribution in [0.25, 0.3) is 5.32 Å². The number of guanidine groups is 1. The smallest absolute Gasteiger partial charge is 0.305 e. The second-order valence-electron chi connectivity index (χ2n) is 22.7. The first kappa shape index (κ1) is 87.8. The second-order valence-corrected chi connectivity index (χ2v) is 28.5. The zero-order chi connectivity index (χ0) is 76.9. The van der Waals surface area contributed by atoms with Crippen LogP contribution in [0.2, 0.25) is 0 Å². The van der Waals surface area contributed by atoms with Crippen molar-refractivity contribution in [2.24, 2.45) is 26.1 Å². The third kappa shape index (κ3) is 30.6. The summed E-state index contributed by atoms with van der Waals surface area (Å²) in [5, 5.41) is 92.2. The number of carbonyl (C=O) groups is 9. The van der Waals surface area contributed by atoms with Crippen LogP contribution in [-0.4, -0.2) is 184 Å². The summed E-state index contributed by atoms with van der Waals surface area (Å²) in [6, 6.07) is 23.7. The standard InChI is InChI=1S/C38H53N13O9.C18H15O9PS3.C6H12NO5.Tc/c1-21(2)32-37(60)51(3)27(8-7-13-43-38(39)40)36(59)46-20-30(53)48-26(17-31(54)55)35(58)45-18-22-14-24(34(57)49-32)16-25(15-22)47-29(52)9-5-4-6-12-42-33(56)23-10-11-28(50-41)44-19-23;19-24-26-29-16-7-1-4-13(10-16)28(14-5-2-8-17(11-14)30-27-25-20)15-6-3-9-18(12-15)31(21,22)23;8-2-6(3-9,4-10)7-1-5(11)12;/h10-11,14-16,19,21,26-27,32H,4-9,12-13,17-18,20H2,1-3H3,(H,42,56)(H,44,50)(H,45,58)(H,46,59)(H,47,52)(H,48,53)(H,49,57)(H,54,55)(H4,39,40,43);1-12,19-20H,(H,21,22,23);8-10H,1-4H2,(H,11,12);/q;;-1;/p-2/t26-,27-,32+;;;/m0.../s1. The van der Waals surface area contributed by atoms with E-state index in [1.54, 1.807) is 87.2 Å². The van der Waals surface area contributed by atoms with Gasteiger partial charge in [0.1, 0.15) is 44.2 Å². The number of benzene rings is 4. The van der Waals surface area contributed by atoms with Crippen molar-refractivity contribution in [3.8, 4) is 0 Å². The van der Waals surface area contributed by atoms with Crippen molar-refractivity contribution >= 4 is 129 Å². The van der Waals surface area contributed by atoms with E-state index in [1.807, 2.05) is 12.1 Å². The Morgan fingerprint density at radius 2 is 1.42 bits per heavy atom. The molecule has 0 spiro atoms. The van der Waals surface area contributed by atoms with Crippen LogP contribution in [0, 0.1) is 5.92 Å². The first-order chi connectivity index (χ1) is 49.5. The van der Waals surface area contributed by atoms with Gasteiger partial charge in [-0.1, -0.05) is 37.6 Å². The van der Waals surface area contributed by atoms with Crippen LogP contribution >= 0.6 is 32.0 Å². The van der Waals surface area contributed by atoms with Gasteiger partial charge in [0.25, 0.3) is 11.9 Å². The van der Waals surface area contributed by atoms with Gasteiger partial charge in [0, 0.05) is 67.4 Å². The summed E-state index contributed by atoms with van der Waals surface area (Å²) in [6.45, 7) is 0.743. The Hall–Kier alpha value is -8.58. The second kappa shape index (κ2) is 45.6. The number of aliphatic hydroxyl groups excluding tert-OH is 3. The summed E-state index contributed by atoms with van der Waals surface area (Å²) in [5.41, 5.74) is 13.0. The molecule has 0 radical (unpaired) electrons. The van der Waals surface area contributed by atoms with Crippen LogP contribution in [-0.2, 0) is 87.7 Å². The molecule has 0 saturated carbocycles. The van der Waals surface area contributed by atoms with Gasteiger partial charge in [-0.25, -0.2) is 8.42 Å². The molecule has 0 fully saturated rings. The predicted molar refractivity (Wildman–Crippen MR) is 368 cm³/mol. The molecule has 1 aliphatic heterocycles. The number of rotatable bonds is 33. The number of hydrogen-bond acceptors (Lipinski definition) is 27. The van der Waals surface area contributed by atoms with Crippen LogP contribution in [0.15, 0.2) is 133 Å². The van der Waals surface area contributed by atoms with E-state index >= 15 is 0 Å². The van der Waals surface area contributed by atoms with Crippen molar-refractivity contribution in [1.29, 1.82) is 0 Å². The van der Waals surface area contributed by atoms with Crippen molar-refractivity contribution < 1.29 is 130 Å². The maximum atomic E-state index is 14.0. The molecule has 3 atom stereocenters. The molecular formula is C62H78N14O23PS3Tc-3. The number of likely N-dealkylation sites (N-methyl/N-ethyl adjacent to an activating group) is 1. The number of carboxylic acids is 2. The van der Waals surface area contributed by atoms with Crippen LogP contribution in [0.3, 0.4) is 0 Å². The number of amides is 7. The number of pyridine rings is 1. The van der Waals surface area contributed by atoms with Gasteiger partial charge in [-0.05, 0) is 104 Å². The zero-order valence-electron chi connectivity index (χ0n) is 55.9. The van der Waals surface area contributed by atoms with Gasteiger partial charge in [0.05, 0.1) is 49.9 Å². The summed E-state index contributed by atoms with van der Waals surface area (Å²) >= 11 is 3.23. The first-order valence-corrected chi connectivity index (χ1v) is 36.3. The van der Waals surface area contributed by atoms with E-state index in [4.69, 9.17) is 31.9 Å². The van der Waals surface area contributed by atoms with E-state index in [1.165, 1.54) is 49.6 Å². The summed E-state index contributed by atoms with van der Waals surface area (Å²) in [4.78, 5) is 125. The fourth-order valence-electron chi connectivity index (χ4n) is 9.44. The molecule has 0 unspecified atom stereocenters. The summed E-state index contributed by atoms with van der Waals surface area (Å²) in [6.07, 6.45) is 2.72. The average Bonchev–Trinajstić information content (AvgIpc) is 0.794. The Labute approximate surface area is 616 Å². The number of aliphatic carboxylic acids is 2. The van der Waals surface area contributed by atoms with Crippen LogP contribution in [0.4, 0.5) is 11.5 Å². The number of fused-ring (bicyclic) bond motifs is 2. The fraction of sp³-hybridized carbons (Fsp3) is 0.371. The van der Waals surface area contributed by atoms with E-state index in [-0.39, 0.29) is 66.3 Å². The number of nitrogens with two attached hydrogens (primary N) is 2. The van der Waals surface area contributed by atoms with Gasteiger partial charge in [0.15, 0.2) is 5.96 Å². The molecule has 6 rings (SSSR count). The average molecular weight is 1610 g/mol. The minimum atomic E-state index is -4.65. The van der Waals surface area contributed by atoms with Crippen molar-refractivity contribution in [2.75, 3.05) is 63.8 Å². The minimum Gasteiger partial charge on any atom is -0.744 e. The molecule has 104 heavy (non-hydrogen) atoms. The van der Waals surface area contributed by atoms with Gasteiger partial charge in [-0.3, -0.25) is 53.4 Å². The topological polar surface area (TPSA) is 586 Å². The molecule has 42 heteroatoms. The Kier molecular flexibility index (Phi) is 38.5. The normalized spacial score (nSPS) is 15.2. The largest absolute Gasteiger partial charge is 0.744 e. The number of carbonyl (C=O) groups excluding carboxylic acids is 7. The van der Waals surface area contributed by atoms with Gasteiger partial charge >= 0.3 is 110 Å². The molecule has 5 aromatic rings. The molecule has 2 bridgehead atoms. The summed E-state index contributed by atoms with van der Waals surface area (Å²) < 4.78 is 47.2. The van der Waals surface area contributed by atoms with Gasteiger partial charge in [-0.15, -0.1) is 0 Å². The summed E-state index contributed by atoms with van der Waals surface area (Å²) in [7, 11) is -5.10. The van der Waals surface area contributed by atoms with Gasteiger partial charge in [0.2, 0.25) is 29.5 Å². The zero-order valence-corrected chi connectivity index (χ0v) is 61.2. The molecule has 37 nitrogen and oxygen atoms in total. The molecule has 2 heterocycles. The first-order valence-electron chi connectivity index (χ1n) is 31.1. The van der Waals surface area contributed by atoms with E-state index in [0.29, 0.717) is 57.8 Å². The number of nitrogens with zero attached hydrogens (tertiary/aromatic N) is 5. The number of unbranched alkanes of at least 4 members (excludes halogenated alkanes) is 2. The molecule has 567 valence electrons.